The van der Waals surface area contributed by atoms with Crippen molar-refractivity contribution in [1.29, 1.82) is 0 Å². The van der Waals surface area contributed by atoms with Crippen LogP contribution < -0.4 is 11.2 Å². The quantitative estimate of drug-likeness (QED) is 0.493. The number of hydrogen-bond acceptors (Lipinski definition) is 5. The van der Waals surface area contributed by atoms with E-state index in [1.54, 1.807) is 24.9 Å². The number of fused-ring (bicyclic) bond motifs is 1. The topological polar surface area (TPSA) is 97.5 Å². The third-order valence-corrected chi connectivity index (χ3v) is 8.41. The van der Waals surface area contributed by atoms with Crippen molar-refractivity contribution in [2.45, 2.75) is 72.0 Å². The summed E-state index contributed by atoms with van der Waals surface area (Å²) >= 11 is 0. The molecule has 0 bridgehead atoms. The summed E-state index contributed by atoms with van der Waals surface area (Å²) in [4.78, 5) is 61.2. The normalized spacial score (nSPS) is 16.3. The van der Waals surface area contributed by atoms with E-state index in [1.807, 2.05) is 49.1 Å². The van der Waals surface area contributed by atoms with Gasteiger partial charge in [0, 0.05) is 44.1 Å². The van der Waals surface area contributed by atoms with E-state index >= 15 is 0 Å². The van der Waals surface area contributed by atoms with Crippen molar-refractivity contribution in [1.82, 2.24) is 23.9 Å². The maximum absolute atomic E-state index is 13.4. The molecule has 2 aliphatic rings. The second-order valence-electron chi connectivity index (χ2n) is 11.2. The molecule has 4 heterocycles. The Morgan fingerprint density at radius 2 is 1.75 bits per heavy atom. The molecular weight excluding hydrogens is 506 g/mol. The molecular formula is C31H37N5O4. The molecule has 40 heavy (non-hydrogen) atoms. The second kappa shape index (κ2) is 11.2. The van der Waals surface area contributed by atoms with Crippen LogP contribution in [-0.2, 0) is 29.0 Å². The molecule has 2 aliphatic heterocycles. The minimum atomic E-state index is -0.486. The van der Waals surface area contributed by atoms with Crippen LogP contribution in [0.5, 0.6) is 0 Å². The average molecular weight is 544 g/mol. The molecule has 210 valence electrons. The Bertz CT molecular complexity index is 1560. The van der Waals surface area contributed by atoms with Crippen molar-refractivity contribution >= 4 is 11.8 Å². The number of benzene rings is 1. The van der Waals surface area contributed by atoms with Crippen molar-refractivity contribution in [3.05, 3.63) is 85.9 Å². The predicted molar refractivity (Wildman–Crippen MR) is 153 cm³/mol. The van der Waals surface area contributed by atoms with Crippen LogP contribution >= 0.6 is 0 Å². The zero-order valence-corrected chi connectivity index (χ0v) is 23.7. The zero-order chi connectivity index (χ0) is 28.6. The molecule has 2 aromatic heterocycles. The molecule has 0 unspecified atom stereocenters. The van der Waals surface area contributed by atoms with Gasteiger partial charge in [-0.25, -0.2) is 4.79 Å². The monoisotopic (exact) mass is 543 g/mol. The average Bonchev–Trinajstić information content (AvgIpc) is 3.10. The third-order valence-electron chi connectivity index (χ3n) is 8.41. The van der Waals surface area contributed by atoms with Gasteiger partial charge < -0.3 is 9.80 Å². The van der Waals surface area contributed by atoms with E-state index in [0.717, 1.165) is 34.4 Å². The Labute approximate surface area is 234 Å². The molecule has 0 spiro atoms. The Balaban J connectivity index is 1.32. The summed E-state index contributed by atoms with van der Waals surface area (Å²) in [6.45, 7) is 9.08. The molecule has 1 aromatic carbocycles. The van der Waals surface area contributed by atoms with Gasteiger partial charge in [-0.2, -0.15) is 0 Å². The first-order chi connectivity index (χ1) is 19.2. The Morgan fingerprint density at radius 3 is 2.48 bits per heavy atom. The van der Waals surface area contributed by atoms with E-state index in [9.17, 15) is 19.2 Å². The number of likely N-dealkylation sites (tertiary alicyclic amines) is 1. The van der Waals surface area contributed by atoms with Crippen molar-refractivity contribution in [3.8, 4) is 11.1 Å². The lowest BCUT2D eigenvalue weighted by Crippen LogP contribution is -2.50. The van der Waals surface area contributed by atoms with Gasteiger partial charge >= 0.3 is 5.69 Å². The number of rotatable bonds is 5. The van der Waals surface area contributed by atoms with Crippen LogP contribution in [0, 0.1) is 13.8 Å². The molecule has 5 rings (SSSR count). The smallest absolute Gasteiger partial charge is 0.331 e. The van der Waals surface area contributed by atoms with Crippen LogP contribution in [0.3, 0.4) is 0 Å². The lowest BCUT2D eigenvalue weighted by atomic mass is 9.99. The Morgan fingerprint density at radius 1 is 1.00 bits per heavy atom. The molecule has 0 atom stereocenters. The number of pyridine rings is 1. The van der Waals surface area contributed by atoms with Crippen molar-refractivity contribution in [3.63, 3.8) is 0 Å². The van der Waals surface area contributed by atoms with Gasteiger partial charge in [-0.1, -0.05) is 24.3 Å². The number of nitrogens with zero attached hydrogens (tertiary/aromatic N) is 5. The lowest BCUT2D eigenvalue weighted by Gasteiger charge is -2.38. The van der Waals surface area contributed by atoms with E-state index in [-0.39, 0.29) is 36.0 Å². The van der Waals surface area contributed by atoms with Gasteiger partial charge in [0.1, 0.15) is 6.54 Å². The minimum absolute atomic E-state index is 0.0762. The van der Waals surface area contributed by atoms with Gasteiger partial charge in [0.05, 0.1) is 17.7 Å². The summed E-state index contributed by atoms with van der Waals surface area (Å²) in [5, 5.41) is 0. The molecule has 2 amide bonds. The second-order valence-corrected chi connectivity index (χ2v) is 11.2. The first-order valence-corrected chi connectivity index (χ1v) is 14.1. The van der Waals surface area contributed by atoms with Gasteiger partial charge in [-0.15, -0.1) is 0 Å². The number of carbonyl (C=O) groups excluding carboxylic acids is 2. The summed E-state index contributed by atoms with van der Waals surface area (Å²) in [5.74, 6) is -0.0797. The third kappa shape index (κ3) is 5.24. The molecule has 1 saturated heterocycles. The number of piperidine rings is 1. The number of carbonyl (C=O) groups is 2. The van der Waals surface area contributed by atoms with Gasteiger partial charge in [0.15, 0.2) is 0 Å². The van der Waals surface area contributed by atoms with Crippen molar-refractivity contribution < 1.29 is 9.59 Å². The summed E-state index contributed by atoms with van der Waals surface area (Å²) < 4.78 is 2.60. The molecule has 0 radical (unpaired) electrons. The van der Waals surface area contributed by atoms with Gasteiger partial charge in [0.25, 0.3) is 5.56 Å². The number of hydrogen-bond donors (Lipinski definition) is 0. The van der Waals surface area contributed by atoms with Crippen LogP contribution in [0.4, 0.5) is 0 Å². The minimum Gasteiger partial charge on any atom is -0.341 e. The van der Waals surface area contributed by atoms with E-state index in [1.165, 1.54) is 15.3 Å². The lowest BCUT2D eigenvalue weighted by molar-refractivity contribution is -0.136. The largest absolute Gasteiger partial charge is 0.341 e. The predicted octanol–water partition coefficient (Wildman–Crippen LogP) is 2.89. The highest BCUT2D eigenvalue weighted by Crippen LogP contribution is 2.24. The fourth-order valence-electron chi connectivity index (χ4n) is 5.94. The summed E-state index contributed by atoms with van der Waals surface area (Å²) in [6.07, 6.45) is 5.75. The molecule has 0 N–H and O–H groups in total. The highest BCUT2D eigenvalue weighted by molar-refractivity contribution is 5.80. The molecule has 0 aliphatic carbocycles. The first kappa shape index (κ1) is 27.6. The summed E-state index contributed by atoms with van der Waals surface area (Å²) in [7, 11) is 0. The zero-order valence-electron chi connectivity index (χ0n) is 23.7. The number of aryl methyl sites for hydroxylation is 1. The van der Waals surface area contributed by atoms with Crippen LogP contribution in [0.15, 0.2) is 52.3 Å². The highest BCUT2D eigenvalue weighted by Gasteiger charge is 2.32. The number of amides is 2. The standard InChI is InChI=1S/C31H37N5O4/c1-20(2)36-30(39)26(25-9-5-7-21(3)22(25)4)18-34(31(36)40)19-29(38)33-14-11-24(12-15-33)35-16-10-23-8-6-13-32-27(23)17-28(35)37/h5-9,13,18,20,24H,10-12,14-17,19H2,1-4H3. The maximum Gasteiger partial charge on any atom is 0.331 e. The fourth-order valence-corrected chi connectivity index (χ4v) is 5.94. The molecule has 9 heteroatoms. The Kier molecular flexibility index (Phi) is 7.74. The maximum atomic E-state index is 13.4. The van der Waals surface area contributed by atoms with Crippen LogP contribution in [-0.4, -0.2) is 61.4 Å². The molecule has 1 fully saturated rings. The van der Waals surface area contributed by atoms with Crippen LogP contribution in [0.1, 0.15) is 55.1 Å². The van der Waals surface area contributed by atoms with E-state index in [0.29, 0.717) is 44.5 Å². The highest BCUT2D eigenvalue weighted by atomic mass is 16.2. The Hall–Kier alpha value is -4.01. The van der Waals surface area contributed by atoms with E-state index < -0.39 is 5.69 Å². The SMILES string of the molecule is Cc1cccc(-c2cn(CC(=O)N3CCC(N4CCc5cccnc5CC4=O)CC3)c(=O)n(C(C)C)c2=O)c1C. The summed E-state index contributed by atoms with van der Waals surface area (Å²) in [5.41, 5.74) is 4.34. The van der Waals surface area contributed by atoms with E-state index in [2.05, 4.69) is 4.98 Å². The van der Waals surface area contributed by atoms with Crippen molar-refractivity contribution in [2.24, 2.45) is 0 Å². The van der Waals surface area contributed by atoms with E-state index in [4.69, 9.17) is 0 Å². The molecule has 0 saturated carbocycles. The van der Waals surface area contributed by atoms with Crippen molar-refractivity contribution in [2.75, 3.05) is 19.6 Å². The van der Waals surface area contributed by atoms with Gasteiger partial charge in [-0.3, -0.25) is 28.5 Å². The fraction of sp³-hybridized carbons (Fsp3) is 0.452. The summed E-state index contributed by atoms with van der Waals surface area (Å²) in [6, 6.07) is 9.43. The van der Waals surface area contributed by atoms with Gasteiger partial charge in [0.2, 0.25) is 11.8 Å². The first-order valence-electron chi connectivity index (χ1n) is 14.1. The van der Waals surface area contributed by atoms with Crippen LogP contribution in [0.2, 0.25) is 0 Å². The van der Waals surface area contributed by atoms with Crippen LogP contribution in [0.25, 0.3) is 11.1 Å². The van der Waals surface area contributed by atoms with Gasteiger partial charge in [-0.05, 0) is 75.3 Å². The molecule has 9 nitrogen and oxygen atoms in total. The molecule has 3 aromatic rings. The number of aromatic nitrogens is 3.